The topological polar surface area (TPSA) is 55.3 Å². The first-order valence-electron chi connectivity index (χ1n) is 8.89. The summed E-state index contributed by atoms with van der Waals surface area (Å²) in [6, 6.07) is 3.75. The lowest BCUT2D eigenvalue weighted by molar-refractivity contribution is 0.151. The Labute approximate surface area is 173 Å². The lowest BCUT2D eigenvalue weighted by atomic mass is 9.68. The number of halogens is 1. The van der Waals surface area contributed by atoms with Crippen LogP contribution in [0, 0.1) is 5.41 Å². The molecule has 1 aliphatic carbocycles. The Morgan fingerprint density at radius 3 is 2.19 bits per heavy atom. The quantitative estimate of drug-likeness (QED) is 0.403. The number of aliphatic imine (C=N–C) groups is 1. The highest BCUT2D eigenvalue weighted by Crippen LogP contribution is 2.47. The molecule has 6 nitrogen and oxygen atoms in total. The second-order valence-electron chi connectivity index (χ2n) is 6.94. The van der Waals surface area contributed by atoms with E-state index in [0.717, 1.165) is 36.1 Å². The summed E-state index contributed by atoms with van der Waals surface area (Å²) in [6.07, 6.45) is 5.38. The maximum Gasteiger partial charge on any atom is 0.193 e. The average molecular weight is 475 g/mol. The van der Waals surface area contributed by atoms with E-state index < -0.39 is 0 Å². The van der Waals surface area contributed by atoms with Crippen molar-refractivity contribution in [2.24, 2.45) is 10.4 Å². The number of likely N-dealkylation sites (tertiary alicyclic amines) is 1. The van der Waals surface area contributed by atoms with Gasteiger partial charge in [0.1, 0.15) is 17.2 Å². The van der Waals surface area contributed by atoms with Gasteiger partial charge in [0.2, 0.25) is 0 Å². The SMILES string of the molecule is CN=C(NCc1c(OC)cc(OC)cc1OC)N1CCC2(CCC2)C1.I. The van der Waals surface area contributed by atoms with Crippen LogP contribution in [0.2, 0.25) is 0 Å². The van der Waals surface area contributed by atoms with Crippen LogP contribution < -0.4 is 19.5 Å². The predicted molar refractivity (Wildman–Crippen MR) is 114 cm³/mol. The Morgan fingerprint density at radius 1 is 1.12 bits per heavy atom. The van der Waals surface area contributed by atoms with Crippen LogP contribution in [0.15, 0.2) is 17.1 Å². The fourth-order valence-corrected chi connectivity index (χ4v) is 3.95. The molecule has 7 heteroatoms. The molecule has 0 bridgehead atoms. The summed E-state index contributed by atoms with van der Waals surface area (Å²) in [7, 11) is 6.80. The van der Waals surface area contributed by atoms with Gasteiger partial charge in [-0.2, -0.15) is 0 Å². The van der Waals surface area contributed by atoms with E-state index in [-0.39, 0.29) is 24.0 Å². The van der Waals surface area contributed by atoms with Crippen LogP contribution >= 0.6 is 24.0 Å². The number of nitrogens with zero attached hydrogens (tertiary/aromatic N) is 2. The van der Waals surface area contributed by atoms with Crippen molar-refractivity contribution in [2.75, 3.05) is 41.5 Å². The lowest BCUT2D eigenvalue weighted by Crippen LogP contribution is -2.42. The summed E-state index contributed by atoms with van der Waals surface area (Å²) in [4.78, 5) is 6.86. The van der Waals surface area contributed by atoms with E-state index in [1.165, 1.54) is 25.7 Å². The van der Waals surface area contributed by atoms with Crippen molar-refractivity contribution in [3.05, 3.63) is 17.7 Å². The van der Waals surface area contributed by atoms with Crippen LogP contribution in [0.4, 0.5) is 0 Å². The summed E-state index contributed by atoms with van der Waals surface area (Å²) in [5.74, 6) is 3.16. The van der Waals surface area contributed by atoms with E-state index in [0.29, 0.717) is 17.7 Å². The van der Waals surface area contributed by atoms with Crippen LogP contribution in [0.25, 0.3) is 0 Å². The maximum absolute atomic E-state index is 5.53. The Hall–Kier alpha value is -1.38. The first kappa shape index (κ1) is 20.9. The molecule has 1 saturated heterocycles. The highest BCUT2D eigenvalue weighted by Gasteiger charge is 2.43. The number of ether oxygens (including phenoxy) is 3. The third-order valence-electron chi connectivity index (χ3n) is 5.60. The van der Waals surface area contributed by atoms with Crippen molar-refractivity contribution < 1.29 is 14.2 Å². The Balaban J connectivity index is 0.00000243. The van der Waals surface area contributed by atoms with Gasteiger partial charge in [-0.3, -0.25) is 4.99 Å². The first-order chi connectivity index (χ1) is 12.1. The number of methoxy groups -OCH3 is 3. The predicted octanol–water partition coefficient (Wildman–Crippen LogP) is 3.28. The molecular formula is C19H30IN3O3. The molecule has 1 aliphatic heterocycles. The molecule has 1 saturated carbocycles. The molecular weight excluding hydrogens is 445 g/mol. The van der Waals surface area contributed by atoms with Crippen LogP contribution in [-0.2, 0) is 6.54 Å². The summed E-state index contributed by atoms with van der Waals surface area (Å²) >= 11 is 0. The van der Waals surface area contributed by atoms with Gasteiger partial charge in [0.25, 0.3) is 0 Å². The molecule has 2 aliphatic rings. The highest BCUT2D eigenvalue weighted by atomic mass is 127. The van der Waals surface area contributed by atoms with Crippen LogP contribution in [0.1, 0.15) is 31.2 Å². The molecule has 1 N–H and O–H groups in total. The van der Waals surface area contributed by atoms with E-state index in [1.807, 2.05) is 19.2 Å². The van der Waals surface area contributed by atoms with Crippen LogP contribution in [-0.4, -0.2) is 52.3 Å². The zero-order chi connectivity index (χ0) is 17.9. The van der Waals surface area contributed by atoms with Crippen molar-refractivity contribution in [3.63, 3.8) is 0 Å². The monoisotopic (exact) mass is 475 g/mol. The van der Waals surface area contributed by atoms with E-state index in [4.69, 9.17) is 14.2 Å². The summed E-state index contributed by atoms with van der Waals surface area (Å²) < 4.78 is 16.4. The summed E-state index contributed by atoms with van der Waals surface area (Å²) in [5.41, 5.74) is 1.51. The molecule has 146 valence electrons. The molecule has 1 aromatic carbocycles. The van der Waals surface area contributed by atoms with Gasteiger partial charge in [0.15, 0.2) is 5.96 Å². The van der Waals surface area contributed by atoms with E-state index in [9.17, 15) is 0 Å². The number of benzene rings is 1. The first-order valence-corrected chi connectivity index (χ1v) is 8.89. The minimum Gasteiger partial charge on any atom is -0.496 e. The maximum atomic E-state index is 5.53. The molecule has 2 fully saturated rings. The smallest absolute Gasteiger partial charge is 0.193 e. The van der Waals surface area contributed by atoms with Gasteiger partial charge < -0.3 is 24.4 Å². The zero-order valence-corrected chi connectivity index (χ0v) is 18.5. The third kappa shape index (κ3) is 4.13. The minimum absolute atomic E-state index is 0. The second kappa shape index (κ2) is 9.01. The molecule has 26 heavy (non-hydrogen) atoms. The third-order valence-corrected chi connectivity index (χ3v) is 5.60. The number of guanidine groups is 1. The highest BCUT2D eigenvalue weighted by molar-refractivity contribution is 14.0. The average Bonchev–Trinajstić information content (AvgIpc) is 3.07. The number of rotatable bonds is 5. The number of hydrogen-bond acceptors (Lipinski definition) is 4. The van der Waals surface area contributed by atoms with Crippen LogP contribution in [0.3, 0.4) is 0 Å². The fraction of sp³-hybridized carbons (Fsp3) is 0.632. The zero-order valence-electron chi connectivity index (χ0n) is 16.1. The van der Waals surface area contributed by atoms with Crippen molar-refractivity contribution in [1.29, 1.82) is 0 Å². The molecule has 1 aromatic rings. The molecule has 1 spiro atoms. The molecule has 3 rings (SSSR count). The Bertz CT molecular complexity index is 622. The van der Waals surface area contributed by atoms with Crippen LogP contribution in [0.5, 0.6) is 17.2 Å². The van der Waals surface area contributed by atoms with Crippen molar-refractivity contribution >= 4 is 29.9 Å². The lowest BCUT2D eigenvalue weighted by Gasteiger charge is -2.38. The number of hydrogen-bond donors (Lipinski definition) is 1. The van der Waals surface area contributed by atoms with Gasteiger partial charge in [-0.15, -0.1) is 24.0 Å². The molecule has 0 amide bonds. The van der Waals surface area contributed by atoms with Gasteiger partial charge in [-0.25, -0.2) is 0 Å². The molecule has 0 atom stereocenters. The minimum atomic E-state index is 0. The fourth-order valence-electron chi connectivity index (χ4n) is 3.95. The van der Waals surface area contributed by atoms with Gasteiger partial charge in [-0.05, 0) is 24.7 Å². The molecule has 0 radical (unpaired) electrons. The summed E-state index contributed by atoms with van der Waals surface area (Å²) in [6.45, 7) is 2.78. The van der Waals surface area contributed by atoms with E-state index >= 15 is 0 Å². The van der Waals surface area contributed by atoms with Gasteiger partial charge in [-0.1, -0.05) is 6.42 Å². The molecule has 0 aromatic heterocycles. The van der Waals surface area contributed by atoms with Gasteiger partial charge in [0.05, 0.1) is 33.4 Å². The van der Waals surface area contributed by atoms with Crippen molar-refractivity contribution in [1.82, 2.24) is 10.2 Å². The van der Waals surface area contributed by atoms with Gasteiger partial charge >= 0.3 is 0 Å². The van der Waals surface area contributed by atoms with Crippen molar-refractivity contribution in [3.8, 4) is 17.2 Å². The molecule has 1 heterocycles. The van der Waals surface area contributed by atoms with E-state index in [1.54, 1.807) is 21.3 Å². The second-order valence-corrected chi connectivity index (χ2v) is 6.94. The standard InChI is InChI=1S/C19H29N3O3.HI/c1-20-18(22-9-8-19(13-22)6-5-7-19)21-12-15-16(24-3)10-14(23-2)11-17(15)25-4;/h10-11H,5-9,12-13H2,1-4H3,(H,20,21);1H. The van der Waals surface area contributed by atoms with E-state index in [2.05, 4.69) is 15.2 Å². The Morgan fingerprint density at radius 2 is 1.77 bits per heavy atom. The number of nitrogens with one attached hydrogen (secondary N) is 1. The van der Waals surface area contributed by atoms with Gasteiger partial charge in [0, 0.05) is 32.3 Å². The summed E-state index contributed by atoms with van der Waals surface area (Å²) in [5, 5.41) is 3.48. The normalized spacial score (nSPS) is 18.2. The molecule has 0 unspecified atom stereocenters. The largest absolute Gasteiger partial charge is 0.496 e. The Kier molecular flexibility index (Phi) is 7.25. The van der Waals surface area contributed by atoms with Crippen molar-refractivity contribution in [2.45, 2.75) is 32.2 Å².